The van der Waals surface area contributed by atoms with E-state index in [0.29, 0.717) is 30.0 Å². The lowest BCUT2D eigenvalue weighted by molar-refractivity contribution is 0.628. The van der Waals surface area contributed by atoms with Gasteiger partial charge in [0, 0.05) is 23.7 Å². The fraction of sp³-hybridized carbons (Fsp3) is 0.167. The summed E-state index contributed by atoms with van der Waals surface area (Å²) in [6, 6.07) is 5.54. The van der Waals surface area contributed by atoms with Crippen LogP contribution in [0.3, 0.4) is 0 Å². The predicted molar refractivity (Wildman–Crippen MR) is 68.0 cm³/mol. The van der Waals surface area contributed by atoms with Gasteiger partial charge in [-0.1, -0.05) is 11.6 Å². The lowest BCUT2D eigenvalue weighted by Gasteiger charge is -2.04. The highest BCUT2D eigenvalue weighted by Gasteiger charge is 2.07. The Kier molecular flexibility index (Phi) is 3.74. The van der Waals surface area contributed by atoms with Crippen LogP contribution >= 0.6 is 11.6 Å². The number of nitrogens with one attached hydrogen (secondary N) is 1. The number of rotatable bonds is 3. The number of aromatic nitrogens is 2. The van der Waals surface area contributed by atoms with Crippen molar-refractivity contribution in [3.05, 3.63) is 51.2 Å². The Morgan fingerprint density at radius 2 is 2.17 bits per heavy atom. The first-order valence-corrected chi connectivity index (χ1v) is 5.73. The van der Waals surface area contributed by atoms with Crippen molar-refractivity contribution in [3.63, 3.8) is 0 Å². The molecule has 1 heterocycles. The molecule has 0 saturated carbocycles. The zero-order valence-corrected chi connectivity index (χ0v) is 10.2. The normalized spacial score (nSPS) is 10.6. The lowest BCUT2D eigenvalue weighted by atomic mass is 10.2. The second-order valence-electron chi connectivity index (χ2n) is 3.75. The number of halogens is 2. The Bertz CT molecular complexity index is 627. The molecule has 1 aromatic heterocycles. The van der Waals surface area contributed by atoms with Crippen molar-refractivity contribution in [1.29, 1.82) is 0 Å². The molecule has 0 atom stereocenters. The standard InChI is InChI=1S/C12H11ClFN3O/c13-9-5-7(1-2-10(9)14)12-16-8(3-4-15)6-11(18)17-12/h1-2,5-6H,3-4,15H2,(H,16,17,18). The zero-order chi connectivity index (χ0) is 13.1. The average molecular weight is 268 g/mol. The molecule has 1 aromatic carbocycles. The molecule has 94 valence electrons. The number of H-pyrrole nitrogens is 1. The van der Waals surface area contributed by atoms with Gasteiger partial charge in [0.2, 0.25) is 0 Å². The molecule has 3 N–H and O–H groups in total. The van der Waals surface area contributed by atoms with Crippen LogP contribution in [0.1, 0.15) is 5.69 Å². The van der Waals surface area contributed by atoms with Gasteiger partial charge in [0.1, 0.15) is 11.6 Å². The molecule has 0 unspecified atom stereocenters. The van der Waals surface area contributed by atoms with Gasteiger partial charge in [-0.05, 0) is 24.7 Å². The summed E-state index contributed by atoms with van der Waals surface area (Å²) in [6.45, 7) is 0.403. The molecule has 0 aliphatic carbocycles. The van der Waals surface area contributed by atoms with Crippen LogP contribution in [-0.4, -0.2) is 16.5 Å². The molecule has 0 saturated heterocycles. The van der Waals surface area contributed by atoms with E-state index in [-0.39, 0.29) is 10.6 Å². The van der Waals surface area contributed by atoms with E-state index in [4.69, 9.17) is 17.3 Å². The van der Waals surface area contributed by atoms with Crippen molar-refractivity contribution in [1.82, 2.24) is 9.97 Å². The number of hydrogen-bond acceptors (Lipinski definition) is 3. The third-order valence-corrected chi connectivity index (χ3v) is 2.68. The van der Waals surface area contributed by atoms with Crippen LogP contribution in [0.5, 0.6) is 0 Å². The van der Waals surface area contributed by atoms with Crippen molar-refractivity contribution in [3.8, 4) is 11.4 Å². The Labute approximate surface area is 108 Å². The van der Waals surface area contributed by atoms with E-state index < -0.39 is 5.82 Å². The molecular weight excluding hydrogens is 257 g/mol. The first kappa shape index (κ1) is 12.7. The molecule has 0 amide bonds. The Balaban J connectivity index is 2.49. The van der Waals surface area contributed by atoms with E-state index >= 15 is 0 Å². The van der Waals surface area contributed by atoms with Gasteiger partial charge in [0.05, 0.1) is 5.02 Å². The average Bonchev–Trinajstić information content (AvgIpc) is 2.32. The van der Waals surface area contributed by atoms with Crippen molar-refractivity contribution in [2.45, 2.75) is 6.42 Å². The van der Waals surface area contributed by atoms with Gasteiger partial charge in [-0.3, -0.25) is 4.79 Å². The van der Waals surface area contributed by atoms with Gasteiger partial charge >= 0.3 is 0 Å². The summed E-state index contributed by atoms with van der Waals surface area (Å²) < 4.78 is 13.1. The summed E-state index contributed by atoms with van der Waals surface area (Å²) in [5.41, 5.74) is 6.29. The molecule has 0 aliphatic rings. The van der Waals surface area contributed by atoms with Gasteiger partial charge in [-0.25, -0.2) is 9.37 Å². The molecule has 0 fully saturated rings. The summed E-state index contributed by atoms with van der Waals surface area (Å²) in [5, 5.41) is -0.0145. The van der Waals surface area contributed by atoms with Crippen LogP contribution in [-0.2, 0) is 6.42 Å². The summed E-state index contributed by atoms with van der Waals surface area (Å²) in [6.07, 6.45) is 0.506. The molecule has 0 bridgehead atoms. The number of nitrogens with two attached hydrogens (primary N) is 1. The molecule has 6 heteroatoms. The Hall–Kier alpha value is -1.72. The van der Waals surface area contributed by atoms with Gasteiger partial charge in [-0.2, -0.15) is 0 Å². The van der Waals surface area contributed by atoms with Crippen LogP contribution in [0.4, 0.5) is 4.39 Å². The maximum Gasteiger partial charge on any atom is 0.251 e. The highest BCUT2D eigenvalue weighted by molar-refractivity contribution is 6.31. The summed E-state index contributed by atoms with van der Waals surface area (Å²) in [7, 11) is 0. The number of hydrogen-bond donors (Lipinski definition) is 2. The highest BCUT2D eigenvalue weighted by Crippen LogP contribution is 2.21. The first-order chi connectivity index (χ1) is 8.60. The summed E-state index contributed by atoms with van der Waals surface area (Å²) in [5.74, 6) is -0.159. The summed E-state index contributed by atoms with van der Waals surface area (Å²) in [4.78, 5) is 18.3. The van der Waals surface area contributed by atoms with Crippen molar-refractivity contribution in [2.75, 3.05) is 6.54 Å². The minimum absolute atomic E-state index is 0.0145. The third kappa shape index (κ3) is 2.75. The van der Waals surface area contributed by atoms with E-state index in [1.807, 2.05) is 0 Å². The van der Waals surface area contributed by atoms with Crippen LogP contribution in [0, 0.1) is 5.82 Å². The predicted octanol–water partition coefficient (Wildman–Crippen LogP) is 1.73. The number of nitrogens with zero attached hydrogens (tertiary/aromatic N) is 1. The van der Waals surface area contributed by atoms with Crippen molar-refractivity contribution < 1.29 is 4.39 Å². The maximum atomic E-state index is 13.1. The van der Waals surface area contributed by atoms with Gasteiger partial charge < -0.3 is 10.7 Å². The van der Waals surface area contributed by atoms with E-state index in [9.17, 15) is 9.18 Å². The van der Waals surface area contributed by atoms with Crippen LogP contribution in [0.15, 0.2) is 29.1 Å². The SMILES string of the molecule is NCCc1cc(=O)[nH]c(-c2ccc(F)c(Cl)c2)n1. The molecule has 2 aromatic rings. The molecular formula is C12H11ClFN3O. The fourth-order valence-electron chi connectivity index (χ4n) is 1.56. The zero-order valence-electron chi connectivity index (χ0n) is 9.41. The van der Waals surface area contributed by atoms with Gasteiger partial charge in [0.15, 0.2) is 0 Å². The second-order valence-corrected chi connectivity index (χ2v) is 4.16. The van der Waals surface area contributed by atoms with E-state index in [1.165, 1.54) is 24.3 Å². The second kappa shape index (κ2) is 5.29. The van der Waals surface area contributed by atoms with Crippen LogP contribution < -0.4 is 11.3 Å². The largest absolute Gasteiger partial charge is 0.330 e. The highest BCUT2D eigenvalue weighted by atomic mass is 35.5. The fourth-order valence-corrected chi connectivity index (χ4v) is 1.74. The molecule has 2 rings (SSSR count). The van der Waals surface area contributed by atoms with Gasteiger partial charge in [-0.15, -0.1) is 0 Å². The van der Waals surface area contributed by atoms with Gasteiger partial charge in [0.25, 0.3) is 5.56 Å². The topological polar surface area (TPSA) is 71.8 Å². The molecule has 18 heavy (non-hydrogen) atoms. The molecule has 0 aliphatic heterocycles. The first-order valence-electron chi connectivity index (χ1n) is 5.36. The van der Waals surface area contributed by atoms with E-state index in [0.717, 1.165) is 0 Å². The van der Waals surface area contributed by atoms with E-state index in [1.54, 1.807) is 0 Å². The molecule has 0 radical (unpaired) electrons. The monoisotopic (exact) mass is 267 g/mol. The van der Waals surface area contributed by atoms with E-state index in [2.05, 4.69) is 9.97 Å². The van der Waals surface area contributed by atoms with Crippen LogP contribution in [0.2, 0.25) is 5.02 Å². The molecule has 4 nitrogen and oxygen atoms in total. The number of aromatic amines is 1. The smallest absolute Gasteiger partial charge is 0.251 e. The number of benzene rings is 1. The summed E-state index contributed by atoms with van der Waals surface area (Å²) >= 11 is 5.69. The Morgan fingerprint density at radius 1 is 1.39 bits per heavy atom. The lowest BCUT2D eigenvalue weighted by Crippen LogP contribution is -2.13. The third-order valence-electron chi connectivity index (χ3n) is 2.39. The molecule has 0 spiro atoms. The minimum atomic E-state index is -0.513. The Morgan fingerprint density at radius 3 is 2.83 bits per heavy atom. The van der Waals surface area contributed by atoms with Crippen LogP contribution in [0.25, 0.3) is 11.4 Å². The minimum Gasteiger partial charge on any atom is -0.330 e. The quantitative estimate of drug-likeness (QED) is 0.890. The van der Waals surface area contributed by atoms with Crippen molar-refractivity contribution >= 4 is 11.6 Å². The maximum absolute atomic E-state index is 13.1. The van der Waals surface area contributed by atoms with Crippen molar-refractivity contribution in [2.24, 2.45) is 5.73 Å².